The van der Waals surface area contributed by atoms with Gasteiger partial charge in [-0.2, -0.15) is 14.6 Å². The lowest BCUT2D eigenvalue weighted by Gasteiger charge is -2.06. The number of fused-ring (bicyclic) bond motifs is 1. The van der Waals surface area contributed by atoms with Crippen LogP contribution in [0.1, 0.15) is 16.7 Å². The third kappa shape index (κ3) is 4.21. The van der Waals surface area contributed by atoms with E-state index in [9.17, 15) is 4.79 Å². The summed E-state index contributed by atoms with van der Waals surface area (Å²) in [7, 11) is 1.66. The van der Waals surface area contributed by atoms with E-state index in [2.05, 4.69) is 10.1 Å². The standard InChI is InChI=1S/C29H23N5O2S/c1-18-9-11-20(12-10-18)27-30-29-34(32-27)28(35)25(37-29)16-22-17-33(23-7-5-4-6-8-23)31-26(22)21-13-14-24(36-3)19(2)15-21/h4-17H,1-3H3. The van der Waals surface area contributed by atoms with Gasteiger partial charge in [0.25, 0.3) is 5.56 Å². The molecule has 3 aromatic heterocycles. The molecule has 0 aliphatic heterocycles. The summed E-state index contributed by atoms with van der Waals surface area (Å²) in [6.07, 6.45) is 3.81. The topological polar surface area (TPSA) is 74.3 Å². The number of ether oxygens (including phenoxy) is 1. The number of nitrogens with zero attached hydrogens (tertiary/aromatic N) is 5. The van der Waals surface area contributed by atoms with Gasteiger partial charge in [0.15, 0.2) is 5.82 Å². The fourth-order valence-electron chi connectivity index (χ4n) is 4.26. The third-order valence-electron chi connectivity index (χ3n) is 6.21. The molecule has 3 heterocycles. The van der Waals surface area contributed by atoms with Gasteiger partial charge in [-0.05, 0) is 55.8 Å². The molecular formula is C29H23N5O2S. The normalized spacial score (nSPS) is 11.9. The molecule has 37 heavy (non-hydrogen) atoms. The number of para-hydroxylation sites is 1. The lowest BCUT2D eigenvalue weighted by molar-refractivity contribution is 0.412. The smallest absolute Gasteiger partial charge is 0.291 e. The molecule has 182 valence electrons. The molecule has 3 aromatic carbocycles. The SMILES string of the molecule is COc1ccc(-c2nn(-c3ccccc3)cc2C=c2sc3nc(-c4ccc(C)cc4)nn3c2=O)cc1C. The number of hydrogen-bond donors (Lipinski definition) is 0. The molecule has 6 rings (SSSR count). The Morgan fingerprint density at radius 2 is 1.68 bits per heavy atom. The fourth-order valence-corrected chi connectivity index (χ4v) is 5.15. The maximum absolute atomic E-state index is 13.3. The minimum absolute atomic E-state index is 0.199. The summed E-state index contributed by atoms with van der Waals surface area (Å²) in [5.41, 5.74) is 6.32. The van der Waals surface area contributed by atoms with Gasteiger partial charge in [0, 0.05) is 22.9 Å². The van der Waals surface area contributed by atoms with Crippen molar-refractivity contribution in [3.8, 4) is 34.1 Å². The molecule has 0 radical (unpaired) electrons. The van der Waals surface area contributed by atoms with Crippen LogP contribution in [0.4, 0.5) is 0 Å². The summed E-state index contributed by atoms with van der Waals surface area (Å²) < 4.78 is 9.19. The van der Waals surface area contributed by atoms with Crippen LogP contribution in [-0.2, 0) is 0 Å². The van der Waals surface area contributed by atoms with Crippen LogP contribution in [0.5, 0.6) is 5.75 Å². The van der Waals surface area contributed by atoms with Gasteiger partial charge in [0.1, 0.15) is 11.4 Å². The van der Waals surface area contributed by atoms with Crippen molar-refractivity contribution in [1.82, 2.24) is 24.4 Å². The molecule has 0 unspecified atom stereocenters. The van der Waals surface area contributed by atoms with Gasteiger partial charge in [-0.1, -0.05) is 59.4 Å². The predicted molar refractivity (Wildman–Crippen MR) is 146 cm³/mol. The van der Waals surface area contributed by atoms with E-state index in [1.54, 1.807) is 7.11 Å². The Morgan fingerprint density at radius 1 is 0.919 bits per heavy atom. The highest BCUT2D eigenvalue weighted by Gasteiger charge is 2.15. The quantitative estimate of drug-likeness (QED) is 0.335. The Hall–Kier alpha value is -4.56. The summed E-state index contributed by atoms with van der Waals surface area (Å²) in [5.74, 6) is 1.36. The van der Waals surface area contributed by atoms with Gasteiger partial charge < -0.3 is 4.74 Å². The Kier molecular flexibility index (Phi) is 5.65. The van der Waals surface area contributed by atoms with E-state index in [1.807, 2.05) is 104 Å². The largest absolute Gasteiger partial charge is 0.496 e. The first-order valence-corrected chi connectivity index (χ1v) is 12.6. The molecule has 0 amide bonds. The van der Waals surface area contributed by atoms with Crippen molar-refractivity contribution in [3.05, 3.63) is 111 Å². The molecule has 0 saturated heterocycles. The average molecular weight is 506 g/mol. The number of benzene rings is 3. The van der Waals surface area contributed by atoms with E-state index in [1.165, 1.54) is 15.9 Å². The van der Waals surface area contributed by atoms with Gasteiger partial charge >= 0.3 is 0 Å². The molecule has 0 spiro atoms. The molecule has 0 aliphatic rings. The molecule has 6 aromatic rings. The van der Waals surface area contributed by atoms with Crippen molar-refractivity contribution >= 4 is 22.4 Å². The van der Waals surface area contributed by atoms with Crippen molar-refractivity contribution in [3.63, 3.8) is 0 Å². The van der Waals surface area contributed by atoms with Gasteiger partial charge in [-0.3, -0.25) is 4.79 Å². The van der Waals surface area contributed by atoms with Crippen molar-refractivity contribution < 1.29 is 4.74 Å². The molecular weight excluding hydrogens is 482 g/mol. The van der Waals surface area contributed by atoms with E-state index >= 15 is 0 Å². The Bertz CT molecular complexity index is 1850. The van der Waals surface area contributed by atoms with E-state index < -0.39 is 0 Å². The fraction of sp³-hybridized carbons (Fsp3) is 0.103. The zero-order valence-electron chi connectivity index (χ0n) is 20.5. The lowest BCUT2D eigenvalue weighted by Crippen LogP contribution is -2.23. The van der Waals surface area contributed by atoms with Crippen LogP contribution in [-0.4, -0.2) is 31.5 Å². The second-order valence-corrected chi connectivity index (χ2v) is 9.82. The molecule has 8 heteroatoms. The predicted octanol–water partition coefficient (Wildman–Crippen LogP) is 4.84. The van der Waals surface area contributed by atoms with Gasteiger partial charge in [0.2, 0.25) is 4.96 Å². The maximum Gasteiger partial charge on any atom is 0.291 e. The van der Waals surface area contributed by atoms with Crippen molar-refractivity contribution in [2.24, 2.45) is 0 Å². The van der Waals surface area contributed by atoms with Crippen LogP contribution >= 0.6 is 11.3 Å². The van der Waals surface area contributed by atoms with Crippen molar-refractivity contribution in [1.29, 1.82) is 0 Å². The Labute approximate surface area is 216 Å². The summed E-state index contributed by atoms with van der Waals surface area (Å²) >= 11 is 1.32. The Morgan fingerprint density at radius 3 is 2.38 bits per heavy atom. The van der Waals surface area contributed by atoms with Gasteiger partial charge in [-0.25, -0.2) is 4.68 Å². The number of aromatic nitrogens is 5. The van der Waals surface area contributed by atoms with Crippen LogP contribution < -0.4 is 14.8 Å². The molecule has 7 nitrogen and oxygen atoms in total. The molecule has 0 atom stereocenters. The molecule has 0 bridgehead atoms. The van der Waals surface area contributed by atoms with Crippen LogP contribution in [0.3, 0.4) is 0 Å². The number of methoxy groups -OCH3 is 1. The third-order valence-corrected chi connectivity index (χ3v) is 7.17. The average Bonchev–Trinajstić information content (AvgIpc) is 3.60. The first-order valence-electron chi connectivity index (χ1n) is 11.8. The first-order chi connectivity index (χ1) is 18.0. The number of rotatable bonds is 5. The monoisotopic (exact) mass is 505 g/mol. The van der Waals surface area contributed by atoms with Gasteiger partial charge in [-0.15, -0.1) is 5.10 Å². The molecule has 0 aliphatic carbocycles. The van der Waals surface area contributed by atoms with E-state index in [0.29, 0.717) is 15.3 Å². The number of aryl methyl sites for hydroxylation is 2. The minimum atomic E-state index is -0.199. The van der Waals surface area contributed by atoms with E-state index in [-0.39, 0.29) is 5.56 Å². The molecule has 0 saturated carbocycles. The second kappa shape index (κ2) is 9.15. The molecule has 0 fully saturated rings. The van der Waals surface area contributed by atoms with E-state index in [4.69, 9.17) is 9.84 Å². The van der Waals surface area contributed by atoms with Crippen LogP contribution in [0, 0.1) is 13.8 Å². The van der Waals surface area contributed by atoms with E-state index in [0.717, 1.165) is 44.9 Å². The maximum atomic E-state index is 13.3. The molecule has 0 N–H and O–H groups in total. The van der Waals surface area contributed by atoms with Crippen LogP contribution in [0.15, 0.2) is 83.8 Å². The van der Waals surface area contributed by atoms with Gasteiger partial charge in [0.05, 0.1) is 17.3 Å². The highest BCUT2D eigenvalue weighted by atomic mass is 32.1. The summed E-state index contributed by atoms with van der Waals surface area (Å²) in [6.45, 7) is 4.03. The van der Waals surface area contributed by atoms with Crippen LogP contribution in [0.2, 0.25) is 0 Å². The highest BCUT2D eigenvalue weighted by molar-refractivity contribution is 7.15. The second-order valence-electron chi connectivity index (χ2n) is 8.81. The lowest BCUT2D eigenvalue weighted by atomic mass is 10.0. The van der Waals surface area contributed by atoms with Crippen LogP contribution in [0.25, 0.3) is 39.4 Å². The zero-order valence-corrected chi connectivity index (χ0v) is 21.4. The number of thiazole rings is 1. The summed E-state index contributed by atoms with van der Waals surface area (Å²) in [5, 5.41) is 9.37. The first kappa shape index (κ1) is 22.9. The van der Waals surface area contributed by atoms with Crippen molar-refractivity contribution in [2.75, 3.05) is 7.11 Å². The summed E-state index contributed by atoms with van der Waals surface area (Å²) in [6, 6.07) is 23.8. The minimum Gasteiger partial charge on any atom is -0.496 e. The Balaban J connectivity index is 1.48. The highest BCUT2D eigenvalue weighted by Crippen LogP contribution is 2.29. The zero-order chi connectivity index (χ0) is 25.5. The number of hydrogen-bond acceptors (Lipinski definition) is 6. The van der Waals surface area contributed by atoms with Crippen molar-refractivity contribution in [2.45, 2.75) is 13.8 Å². The summed E-state index contributed by atoms with van der Waals surface area (Å²) in [4.78, 5) is 18.5.